The van der Waals surface area contributed by atoms with Crippen molar-refractivity contribution >= 4 is 17.7 Å². The summed E-state index contributed by atoms with van der Waals surface area (Å²) in [5.41, 5.74) is 0. The zero-order valence-electron chi connectivity index (χ0n) is 9.19. The van der Waals surface area contributed by atoms with Crippen molar-refractivity contribution < 1.29 is 4.52 Å². The van der Waals surface area contributed by atoms with Crippen LogP contribution >= 0.6 is 11.8 Å². The second-order valence-corrected chi connectivity index (χ2v) is 5.36. The molecule has 3 heterocycles. The number of anilines is 1. The fraction of sp³-hybridized carbons (Fsp3) is 0.800. The monoisotopic (exact) mass is 240 g/mol. The lowest BCUT2D eigenvalue weighted by molar-refractivity contribution is 0.342. The molecule has 0 amide bonds. The van der Waals surface area contributed by atoms with Crippen molar-refractivity contribution in [2.45, 2.75) is 18.9 Å². The van der Waals surface area contributed by atoms with Gasteiger partial charge in [0, 0.05) is 31.1 Å². The van der Waals surface area contributed by atoms with Gasteiger partial charge in [0.05, 0.1) is 6.04 Å². The van der Waals surface area contributed by atoms with Gasteiger partial charge in [0.15, 0.2) is 0 Å². The lowest BCUT2D eigenvalue weighted by Crippen LogP contribution is -2.30. The predicted molar refractivity (Wildman–Crippen MR) is 63.8 cm³/mol. The van der Waals surface area contributed by atoms with E-state index in [0.29, 0.717) is 0 Å². The lowest BCUT2D eigenvalue weighted by Gasteiger charge is -2.19. The molecule has 0 bridgehead atoms. The third kappa shape index (κ3) is 2.04. The molecule has 0 saturated carbocycles. The first-order valence-electron chi connectivity index (χ1n) is 5.83. The molecule has 2 aliphatic rings. The van der Waals surface area contributed by atoms with Crippen LogP contribution in [0.2, 0.25) is 0 Å². The molecule has 2 aliphatic heterocycles. The number of rotatable bonds is 2. The smallest absolute Gasteiger partial charge is 0.266 e. The average Bonchev–Trinajstić information content (AvgIpc) is 3.01. The van der Waals surface area contributed by atoms with Crippen LogP contribution in [0.3, 0.4) is 0 Å². The quantitative estimate of drug-likeness (QED) is 0.834. The molecule has 2 fully saturated rings. The molecule has 2 saturated heterocycles. The first-order valence-corrected chi connectivity index (χ1v) is 6.98. The standard InChI is InChI=1S/C10H16N4OS/c1-2-5-14(4-1)10-12-9(15-13-10)8-7-16-6-3-11-8/h8,11H,1-7H2. The number of aromatic nitrogens is 2. The van der Waals surface area contributed by atoms with E-state index in [2.05, 4.69) is 20.4 Å². The summed E-state index contributed by atoms with van der Waals surface area (Å²) in [4.78, 5) is 6.69. The third-order valence-electron chi connectivity index (χ3n) is 3.04. The zero-order chi connectivity index (χ0) is 10.8. The predicted octanol–water partition coefficient (Wildman–Crippen LogP) is 1.05. The van der Waals surface area contributed by atoms with E-state index in [1.54, 1.807) is 0 Å². The first-order chi connectivity index (χ1) is 7.93. The molecule has 0 aliphatic carbocycles. The van der Waals surface area contributed by atoms with E-state index in [-0.39, 0.29) is 6.04 Å². The Morgan fingerprint density at radius 2 is 2.25 bits per heavy atom. The minimum Gasteiger partial charge on any atom is -0.338 e. The SMILES string of the molecule is C1CCN(c2noc(C3CSCCN3)n2)C1. The molecule has 88 valence electrons. The summed E-state index contributed by atoms with van der Waals surface area (Å²) in [7, 11) is 0. The van der Waals surface area contributed by atoms with Crippen LogP contribution in [0.4, 0.5) is 5.95 Å². The molecule has 0 aromatic carbocycles. The maximum atomic E-state index is 5.34. The van der Waals surface area contributed by atoms with Crippen LogP contribution in [0.1, 0.15) is 24.8 Å². The van der Waals surface area contributed by atoms with Crippen LogP contribution < -0.4 is 10.2 Å². The molecule has 16 heavy (non-hydrogen) atoms. The van der Waals surface area contributed by atoms with Crippen molar-refractivity contribution in [3.63, 3.8) is 0 Å². The Morgan fingerprint density at radius 1 is 1.38 bits per heavy atom. The number of hydrogen-bond donors (Lipinski definition) is 1. The van der Waals surface area contributed by atoms with Gasteiger partial charge in [-0.3, -0.25) is 0 Å². The highest BCUT2D eigenvalue weighted by Gasteiger charge is 2.24. The Morgan fingerprint density at radius 3 is 3.00 bits per heavy atom. The van der Waals surface area contributed by atoms with Crippen molar-refractivity contribution in [3.8, 4) is 0 Å². The Kier molecular flexibility index (Phi) is 3.01. The van der Waals surface area contributed by atoms with Gasteiger partial charge in [0.2, 0.25) is 5.89 Å². The minimum atomic E-state index is 0.239. The number of nitrogens with one attached hydrogen (secondary N) is 1. The highest BCUT2D eigenvalue weighted by molar-refractivity contribution is 7.99. The van der Waals surface area contributed by atoms with Crippen molar-refractivity contribution in [1.82, 2.24) is 15.5 Å². The molecule has 3 rings (SSSR count). The van der Waals surface area contributed by atoms with E-state index in [1.165, 1.54) is 18.6 Å². The van der Waals surface area contributed by atoms with E-state index in [4.69, 9.17) is 4.52 Å². The average molecular weight is 240 g/mol. The van der Waals surface area contributed by atoms with Gasteiger partial charge in [0.25, 0.3) is 5.95 Å². The van der Waals surface area contributed by atoms with Crippen LogP contribution in [0.25, 0.3) is 0 Å². The van der Waals surface area contributed by atoms with E-state index in [0.717, 1.165) is 37.2 Å². The Labute approximate surface area is 99.0 Å². The fourth-order valence-electron chi connectivity index (χ4n) is 2.14. The molecular formula is C10H16N4OS. The highest BCUT2D eigenvalue weighted by Crippen LogP contribution is 2.23. The van der Waals surface area contributed by atoms with Gasteiger partial charge in [-0.05, 0) is 18.0 Å². The summed E-state index contributed by atoms with van der Waals surface area (Å²) in [6.45, 7) is 3.15. The van der Waals surface area contributed by atoms with Crippen LogP contribution in [0.15, 0.2) is 4.52 Å². The van der Waals surface area contributed by atoms with Crippen LogP contribution in [0, 0.1) is 0 Å². The molecule has 1 aromatic rings. The van der Waals surface area contributed by atoms with Crippen LogP contribution in [0.5, 0.6) is 0 Å². The number of hydrogen-bond acceptors (Lipinski definition) is 6. The Hall–Kier alpha value is -0.750. The molecule has 6 heteroatoms. The van der Waals surface area contributed by atoms with Crippen molar-refractivity contribution in [3.05, 3.63) is 5.89 Å². The maximum Gasteiger partial charge on any atom is 0.266 e. The van der Waals surface area contributed by atoms with Gasteiger partial charge in [0.1, 0.15) is 0 Å². The second-order valence-electron chi connectivity index (χ2n) is 4.21. The summed E-state index contributed by atoms with van der Waals surface area (Å²) < 4.78 is 5.34. The van der Waals surface area contributed by atoms with E-state index in [1.807, 2.05) is 11.8 Å². The molecule has 5 nitrogen and oxygen atoms in total. The molecular weight excluding hydrogens is 224 g/mol. The normalized spacial score (nSPS) is 26.2. The summed E-state index contributed by atoms with van der Waals surface area (Å²) in [5.74, 6) is 3.71. The molecule has 1 N–H and O–H groups in total. The number of thioether (sulfide) groups is 1. The van der Waals surface area contributed by atoms with Gasteiger partial charge >= 0.3 is 0 Å². The Balaban J connectivity index is 1.71. The Bertz CT molecular complexity index is 344. The van der Waals surface area contributed by atoms with Crippen molar-refractivity contribution in [1.29, 1.82) is 0 Å². The zero-order valence-corrected chi connectivity index (χ0v) is 10.0. The maximum absolute atomic E-state index is 5.34. The second kappa shape index (κ2) is 4.63. The van der Waals surface area contributed by atoms with Crippen molar-refractivity contribution in [2.75, 3.05) is 36.0 Å². The van der Waals surface area contributed by atoms with Gasteiger partial charge in [-0.1, -0.05) is 0 Å². The van der Waals surface area contributed by atoms with Gasteiger partial charge in [-0.25, -0.2) is 0 Å². The lowest BCUT2D eigenvalue weighted by atomic mass is 10.3. The number of nitrogens with zero attached hydrogens (tertiary/aromatic N) is 3. The molecule has 0 spiro atoms. The van der Waals surface area contributed by atoms with E-state index in [9.17, 15) is 0 Å². The fourth-order valence-corrected chi connectivity index (χ4v) is 3.06. The highest BCUT2D eigenvalue weighted by atomic mass is 32.2. The van der Waals surface area contributed by atoms with Gasteiger partial charge in [-0.2, -0.15) is 16.7 Å². The van der Waals surface area contributed by atoms with Gasteiger partial charge < -0.3 is 14.7 Å². The minimum absolute atomic E-state index is 0.239. The summed E-state index contributed by atoms with van der Waals surface area (Å²) >= 11 is 1.94. The largest absolute Gasteiger partial charge is 0.338 e. The molecule has 1 unspecified atom stereocenters. The van der Waals surface area contributed by atoms with E-state index >= 15 is 0 Å². The van der Waals surface area contributed by atoms with Crippen molar-refractivity contribution in [2.24, 2.45) is 0 Å². The summed E-state index contributed by atoms with van der Waals surface area (Å²) in [6.07, 6.45) is 2.48. The topological polar surface area (TPSA) is 54.2 Å². The van der Waals surface area contributed by atoms with Gasteiger partial charge in [-0.15, -0.1) is 0 Å². The molecule has 1 atom stereocenters. The summed E-state index contributed by atoms with van der Waals surface area (Å²) in [6, 6.07) is 0.239. The third-order valence-corrected chi connectivity index (χ3v) is 4.10. The molecule has 1 aromatic heterocycles. The molecule has 0 radical (unpaired) electrons. The first kappa shape index (κ1) is 10.4. The summed E-state index contributed by atoms with van der Waals surface area (Å²) in [5, 5.41) is 7.47. The van der Waals surface area contributed by atoms with Crippen LogP contribution in [-0.2, 0) is 0 Å². The van der Waals surface area contributed by atoms with E-state index < -0.39 is 0 Å². The van der Waals surface area contributed by atoms with Crippen LogP contribution in [-0.4, -0.2) is 41.3 Å².